The third kappa shape index (κ3) is 10.1. The maximum atomic E-state index is 12.4. The molecule has 3 rings (SSSR count). The van der Waals surface area contributed by atoms with Crippen molar-refractivity contribution >= 4 is 12.1 Å². The van der Waals surface area contributed by atoms with Gasteiger partial charge in [-0.05, 0) is 94.0 Å². The fraction of sp³-hybridized carbons (Fsp3) is 0.394. The summed E-state index contributed by atoms with van der Waals surface area (Å²) in [5, 5.41) is 2.82. The van der Waals surface area contributed by atoms with Gasteiger partial charge in [0, 0.05) is 12.1 Å². The molecule has 39 heavy (non-hydrogen) atoms. The molecule has 0 aliphatic heterocycles. The number of aryl methyl sites for hydroxylation is 1. The minimum Gasteiger partial charge on any atom is -0.489 e. The molecule has 1 N–H and O–H groups in total. The van der Waals surface area contributed by atoms with E-state index in [0.717, 1.165) is 34.2 Å². The van der Waals surface area contributed by atoms with Crippen LogP contribution in [0.15, 0.2) is 66.7 Å². The van der Waals surface area contributed by atoms with Gasteiger partial charge in [-0.1, -0.05) is 55.5 Å². The van der Waals surface area contributed by atoms with Crippen LogP contribution in [0, 0.1) is 0 Å². The minimum atomic E-state index is -0.540. The Labute approximate surface area is 232 Å². The van der Waals surface area contributed by atoms with Gasteiger partial charge in [0.15, 0.2) is 0 Å². The molecule has 6 heteroatoms. The maximum absolute atomic E-state index is 12.4. The minimum absolute atomic E-state index is 0.151. The fourth-order valence-corrected chi connectivity index (χ4v) is 4.05. The molecule has 0 aliphatic rings. The van der Waals surface area contributed by atoms with Gasteiger partial charge >= 0.3 is 12.1 Å². The molecule has 0 unspecified atom stereocenters. The summed E-state index contributed by atoms with van der Waals surface area (Å²) in [6.07, 6.45) is 0.598. The SMILES string of the molecule is CCc1cc(COc2ccccc2CC(=O)OC(C)(C)C)cc(-c2cccc(CNC(=O)OC(C)(C)C)c2)c1. The van der Waals surface area contributed by atoms with Gasteiger partial charge in [-0.2, -0.15) is 0 Å². The zero-order valence-electron chi connectivity index (χ0n) is 24.2. The molecule has 208 valence electrons. The van der Waals surface area contributed by atoms with E-state index in [2.05, 4.69) is 42.6 Å². The van der Waals surface area contributed by atoms with Crippen LogP contribution in [0.4, 0.5) is 4.79 Å². The van der Waals surface area contributed by atoms with Crippen molar-refractivity contribution in [3.8, 4) is 16.9 Å². The second-order valence-corrected chi connectivity index (χ2v) is 11.6. The average Bonchev–Trinajstić information content (AvgIpc) is 2.85. The molecule has 0 atom stereocenters. The van der Waals surface area contributed by atoms with Crippen LogP contribution in [0.5, 0.6) is 5.75 Å². The van der Waals surface area contributed by atoms with E-state index < -0.39 is 17.3 Å². The second-order valence-electron chi connectivity index (χ2n) is 11.6. The quantitative estimate of drug-likeness (QED) is 0.291. The molecule has 1 amide bonds. The molecule has 0 saturated heterocycles. The van der Waals surface area contributed by atoms with E-state index in [0.29, 0.717) is 18.9 Å². The monoisotopic (exact) mass is 531 g/mol. The van der Waals surface area contributed by atoms with Gasteiger partial charge in [-0.15, -0.1) is 0 Å². The van der Waals surface area contributed by atoms with Crippen molar-refractivity contribution in [3.63, 3.8) is 0 Å². The fourth-order valence-electron chi connectivity index (χ4n) is 4.05. The van der Waals surface area contributed by atoms with Crippen LogP contribution in [0.2, 0.25) is 0 Å². The van der Waals surface area contributed by atoms with E-state index in [4.69, 9.17) is 14.2 Å². The number of nitrogens with one attached hydrogen (secondary N) is 1. The first kappa shape index (κ1) is 29.8. The van der Waals surface area contributed by atoms with E-state index in [1.807, 2.05) is 77.9 Å². The molecular weight excluding hydrogens is 490 g/mol. The molecule has 3 aromatic carbocycles. The van der Waals surface area contributed by atoms with E-state index in [9.17, 15) is 9.59 Å². The largest absolute Gasteiger partial charge is 0.489 e. The lowest BCUT2D eigenvalue weighted by Crippen LogP contribution is -2.32. The molecule has 0 fully saturated rings. The predicted molar refractivity (Wildman–Crippen MR) is 155 cm³/mol. The third-order valence-corrected chi connectivity index (χ3v) is 5.68. The van der Waals surface area contributed by atoms with Crippen molar-refractivity contribution in [2.24, 2.45) is 0 Å². The summed E-state index contributed by atoms with van der Waals surface area (Å²) in [5.74, 6) is 0.386. The number of amides is 1. The van der Waals surface area contributed by atoms with Gasteiger partial charge in [-0.3, -0.25) is 4.79 Å². The zero-order chi connectivity index (χ0) is 28.6. The first-order valence-electron chi connectivity index (χ1n) is 13.4. The highest BCUT2D eigenvalue weighted by Gasteiger charge is 2.18. The lowest BCUT2D eigenvalue weighted by atomic mass is 9.97. The molecule has 0 aliphatic carbocycles. The number of carbonyl (C=O) groups is 2. The Hall–Kier alpha value is -3.80. The number of para-hydroxylation sites is 1. The Morgan fingerprint density at radius 2 is 1.41 bits per heavy atom. The number of alkyl carbamates (subject to hydrolysis) is 1. The summed E-state index contributed by atoms with van der Waals surface area (Å²) >= 11 is 0. The highest BCUT2D eigenvalue weighted by molar-refractivity contribution is 5.74. The highest BCUT2D eigenvalue weighted by Crippen LogP contribution is 2.26. The van der Waals surface area contributed by atoms with Crippen LogP contribution in [0.25, 0.3) is 11.1 Å². The second kappa shape index (κ2) is 12.8. The first-order chi connectivity index (χ1) is 18.3. The lowest BCUT2D eigenvalue weighted by Gasteiger charge is -2.20. The normalized spacial score (nSPS) is 11.6. The first-order valence-corrected chi connectivity index (χ1v) is 13.4. The lowest BCUT2D eigenvalue weighted by molar-refractivity contribution is -0.153. The average molecular weight is 532 g/mol. The Balaban J connectivity index is 1.74. The number of esters is 1. The maximum Gasteiger partial charge on any atom is 0.407 e. The van der Waals surface area contributed by atoms with Crippen LogP contribution < -0.4 is 10.1 Å². The van der Waals surface area contributed by atoms with Crippen LogP contribution >= 0.6 is 0 Å². The van der Waals surface area contributed by atoms with Crippen molar-refractivity contribution in [2.45, 2.75) is 85.7 Å². The summed E-state index contributed by atoms with van der Waals surface area (Å²) in [6, 6.07) is 22.1. The topological polar surface area (TPSA) is 73.9 Å². The molecular formula is C33H41NO5. The molecule has 0 radical (unpaired) electrons. The summed E-state index contributed by atoms with van der Waals surface area (Å²) in [4.78, 5) is 24.5. The standard InChI is InChI=1S/C33H41NO5/c1-8-23-16-25(22-37-29-15-10-9-13-27(29)20-30(35)38-32(2,3)4)19-28(17-23)26-14-11-12-24(18-26)21-34-31(36)39-33(5,6)7/h9-19H,8,20-22H2,1-7H3,(H,34,36). The van der Waals surface area contributed by atoms with Crippen LogP contribution in [-0.4, -0.2) is 23.3 Å². The van der Waals surface area contributed by atoms with Crippen molar-refractivity contribution in [1.82, 2.24) is 5.32 Å². The van der Waals surface area contributed by atoms with Gasteiger partial charge < -0.3 is 19.5 Å². The number of benzene rings is 3. The predicted octanol–water partition coefficient (Wildman–Crippen LogP) is 7.40. The van der Waals surface area contributed by atoms with Gasteiger partial charge in [-0.25, -0.2) is 4.79 Å². The van der Waals surface area contributed by atoms with Crippen LogP contribution in [0.3, 0.4) is 0 Å². The summed E-state index contributed by atoms with van der Waals surface area (Å²) in [5.41, 5.74) is 5.07. The van der Waals surface area contributed by atoms with Crippen LogP contribution in [-0.2, 0) is 40.3 Å². The van der Waals surface area contributed by atoms with E-state index >= 15 is 0 Å². The van der Waals surface area contributed by atoms with Gasteiger partial charge in [0.2, 0.25) is 0 Å². The number of hydrogen-bond donors (Lipinski definition) is 1. The van der Waals surface area contributed by atoms with Gasteiger partial charge in [0.1, 0.15) is 23.6 Å². The number of ether oxygens (including phenoxy) is 3. The Morgan fingerprint density at radius 3 is 2.10 bits per heavy atom. The van der Waals surface area contributed by atoms with Crippen LogP contribution in [0.1, 0.15) is 70.7 Å². The smallest absolute Gasteiger partial charge is 0.407 e. The molecule has 0 bridgehead atoms. The third-order valence-electron chi connectivity index (χ3n) is 5.68. The molecule has 0 saturated carbocycles. The molecule has 3 aromatic rings. The Morgan fingerprint density at radius 1 is 0.744 bits per heavy atom. The highest BCUT2D eigenvalue weighted by atomic mass is 16.6. The van der Waals surface area contributed by atoms with E-state index in [1.54, 1.807) is 0 Å². The van der Waals surface area contributed by atoms with Crippen molar-refractivity contribution < 1.29 is 23.8 Å². The number of hydrogen-bond acceptors (Lipinski definition) is 5. The number of carbonyl (C=O) groups excluding carboxylic acids is 2. The van der Waals surface area contributed by atoms with E-state index in [1.165, 1.54) is 5.56 Å². The summed E-state index contributed by atoms with van der Waals surface area (Å²) in [6.45, 7) is 14.0. The summed E-state index contributed by atoms with van der Waals surface area (Å²) in [7, 11) is 0. The molecule has 0 heterocycles. The van der Waals surface area contributed by atoms with Crippen molar-refractivity contribution in [2.75, 3.05) is 0 Å². The van der Waals surface area contributed by atoms with E-state index in [-0.39, 0.29) is 12.4 Å². The van der Waals surface area contributed by atoms with Crippen molar-refractivity contribution in [1.29, 1.82) is 0 Å². The summed E-state index contributed by atoms with van der Waals surface area (Å²) < 4.78 is 17.0. The zero-order valence-corrected chi connectivity index (χ0v) is 24.2. The molecule has 0 spiro atoms. The Bertz CT molecular complexity index is 1280. The van der Waals surface area contributed by atoms with Gasteiger partial charge in [0.05, 0.1) is 6.42 Å². The van der Waals surface area contributed by atoms with Crippen molar-refractivity contribution in [3.05, 3.63) is 89.0 Å². The molecule has 6 nitrogen and oxygen atoms in total. The number of rotatable bonds is 9. The van der Waals surface area contributed by atoms with Gasteiger partial charge in [0.25, 0.3) is 0 Å². The Kier molecular flexibility index (Phi) is 9.79. The molecule has 0 aromatic heterocycles.